The number of aliphatic hydroxyl groups excluding tert-OH is 1. The molecule has 12 rings (SSSR count). The number of likely N-dealkylation sites (N-methyl/N-ethyl adjacent to an activating group) is 2. The Hall–Kier alpha value is -6.29. The number of nitrogens with one attached hydrogen (secondary N) is 4. The van der Waals surface area contributed by atoms with Crippen molar-refractivity contribution in [2.24, 2.45) is 0 Å². The van der Waals surface area contributed by atoms with Gasteiger partial charge in [0, 0.05) is 115 Å². The summed E-state index contributed by atoms with van der Waals surface area (Å²) in [5, 5.41) is 16.1. The van der Waals surface area contributed by atoms with Crippen LogP contribution in [0.2, 0.25) is 0 Å². The Kier molecular flexibility index (Phi) is 11.2. The Morgan fingerprint density at radius 3 is 1.71 bits per heavy atom. The number of aromatic amines is 2. The molecule has 4 aromatic carbocycles. The first-order valence-electron chi connectivity index (χ1n) is 20.8. The van der Waals surface area contributed by atoms with Crippen LogP contribution in [0, 0.1) is 0 Å². The molecule has 8 aromatic rings. The number of carbonyl (C=O) groups is 4. The molecule has 8 heterocycles. The second-order valence-electron chi connectivity index (χ2n) is 16.5. The Labute approximate surface area is 381 Å². The summed E-state index contributed by atoms with van der Waals surface area (Å²) in [4.78, 5) is 62.9. The van der Waals surface area contributed by atoms with E-state index in [-0.39, 0.29) is 49.5 Å². The summed E-state index contributed by atoms with van der Waals surface area (Å²) in [6, 6.07) is 28.3. The number of nitrogens with zero attached hydrogens (tertiary/aromatic N) is 4. The molecular weight excluding hydrogens is 805 g/mol. The Morgan fingerprint density at radius 2 is 1.05 bits per heavy atom. The summed E-state index contributed by atoms with van der Waals surface area (Å²) in [5.41, 5.74) is 11.0. The van der Waals surface area contributed by atoms with E-state index in [0.717, 1.165) is 107 Å². The quantitative estimate of drug-likeness (QED) is 0.113. The molecule has 316 valence electrons. The summed E-state index contributed by atoms with van der Waals surface area (Å²) in [7, 11) is 5.25. The minimum absolute atomic E-state index is 0. The van der Waals surface area contributed by atoms with Gasteiger partial charge in [-0.15, -0.1) is 0 Å². The maximum atomic E-state index is 13.0. The van der Waals surface area contributed by atoms with Crippen LogP contribution in [0.1, 0.15) is 48.1 Å². The van der Waals surface area contributed by atoms with Gasteiger partial charge in [-0.05, 0) is 48.5 Å². The largest absolute Gasteiger partial charge is 2.00 e. The summed E-state index contributed by atoms with van der Waals surface area (Å²) in [5.74, 6) is -2.19. The number of hydrogen-bond acceptors (Lipinski definition) is 7. The van der Waals surface area contributed by atoms with E-state index >= 15 is 0 Å². The van der Waals surface area contributed by atoms with Crippen LogP contribution in [0.3, 0.4) is 0 Å². The molecule has 0 radical (unpaired) electrons. The van der Waals surface area contributed by atoms with Gasteiger partial charge in [0.25, 0.3) is 11.8 Å². The van der Waals surface area contributed by atoms with Crippen LogP contribution in [0.5, 0.6) is 0 Å². The van der Waals surface area contributed by atoms with Crippen molar-refractivity contribution in [2.45, 2.75) is 38.0 Å². The number of aliphatic hydroxyl groups is 1. The number of para-hydroxylation sites is 4. The van der Waals surface area contributed by atoms with Gasteiger partial charge < -0.3 is 36.9 Å². The molecule has 4 aliphatic heterocycles. The van der Waals surface area contributed by atoms with Gasteiger partial charge in [0.05, 0.1) is 34.0 Å². The van der Waals surface area contributed by atoms with Gasteiger partial charge in [-0.1, -0.05) is 72.8 Å². The Bertz CT molecular complexity index is 3180. The van der Waals surface area contributed by atoms with E-state index in [1.807, 2.05) is 79.3 Å². The number of rotatable bonds is 4. The smallest absolute Gasteiger partial charge is 1.00 e. The van der Waals surface area contributed by atoms with Gasteiger partial charge in [0.1, 0.15) is 0 Å². The van der Waals surface area contributed by atoms with Crippen molar-refractivity contribution in [2.75, 3.05) is 34.3 Å². The van der Waals surface area contributed by atoms with Crippen LogP contribution >= 0.6 is 0 Å². The van der Waals surface area contributed by atoms with Crippen LogP contribution in [0.25, 0.3) is 54.8 Å². The molecule has 13 nitrogen and oxygen atoms in total. The van der Waals surface area contributed by atoms with Crippen LogP contribution in [-0.4, -0.2) is 115 Å². The molecule has 1 saturated heterocycles. The number of carbonyl (C=O) groups excluding carboxylic acids is 4. The van der Waals surface area contributed by atoms with Gasteiger partial charge in [-0.25, -0.2) is 0 Å². The second-order valence-corrected chi connectivity index (χ2v) is 16.5. The number of H-pyrrole nitrogens is 2. The summed E-state index contributed by atoms with van der Waals surface area (Å²) < 4.78 is 4.48. The molecule has 0 saturated carbocycles. The zero-order chi connectivity index (χ0) is 42.8. The van der Waals surface area contributed by atoms with Gasteiger partial charge in [-0.3, -0.25) is 29.8 Å². The normalized spacial score (nSPS) is 18.8. The molecule has 63 heavy (non-hydrogen) atoms. The molecule has 2 unspecified atom stereocenters. The standard InChI is InChI=1S/C24H22N4O2.C24H20N4O2.CH4O.Mg.2H/c2*1-27-9-10-28-13-18(16-7-4-5-14(12-27)22(16)28)21-20(23(29)26-24(21)30)17-11-25-19-8-3-2-6-15(17)19;1-2;;;/h2-8,11,13,20-21,25H,9-10,12H2,1H3,(H,26,29,30);2-8,11,13,25H,9-10,12H2,1H3,(H,26,29,30);2H,1H3;;;/q;;;+2;2*-1. The van der Waals surface area contributed by atoms with Gasteiger partial charge in [0.15, 0.2) is 0 Å². The van der Waals surface area contributed by atoms with Crippen LogP contribution in [-0.2, 0) is 45.4 Å². The van der Waals surface area contributed by atoms with Gasteiger partial charge in [-0.2, -0.15) is 0 Å². The summed E-state index contributed by atoms with van der Waals surface area (Å²) >= 11 is 0. The van der Waals surface area contributed by atoms with E-state index in [1.165, 1.54) is 16.6 Å². The first-order chi connectivity index (χ1) is 30.2. The fraction of sp³-hybridized carbons (Fsp3) is 0.224. The van der Waals surface area contributed by atoms with Crippen molar-refractivity contribution in [1.29, 1.82) is 0 Å². The molecule has 0 spiro atoms. The van der Waals surface area contributed by atoms with Gasteiger partial charge >= 0.3 is 23.1 Å². The van der Waals surface area contributed by atoms with E-state index in [0.29, 0.717) is 11.1 Å². The number of benzene rings is 4. The number of hydrogen-bond donors (Lipinski definition) is 5. The molecule has 4 amide bonds. The predicted octanol–water partition coefficient (Wildman–Crippen LogP) is 5.68. The van der Waals surface area contributed by atoms with Crippen molar-refractivity contribution < 1.29 is 27.1 Å². The van der Waals surface area contributed by atoms with Crippen LogP contribution < -0.4 is 10.6 Å². The Balaban J connectivity index is 0.000000179. The minimum atomic E-state index is -0.540. The molecule has 1 fully saturated rings. The molecule has 5 N–H and O–H groups in total. The zero-order valence-corrected chi connectivity index (χ0v) is 36.8. The third-order valence-electron chi connectivity index (χ3n) is 12.8. The monoisotopic (exact) mass is 852 g/mol. The molecule has 0 aliphatic carbocycles. The third kappa shape index (κ3) is 6.98. The van der Waals surface area contributed by atoms with Crippen molar-refractivity contribution in [1.82, 2.24) is 39.5 Å². The number of fused-ring (bicyclic) bond motifs is 2. The minimum Gasteiger partial charge on any atom is -1.00 e. The number of amides is 4. The second kappa shape index (κ2) is 16.8. The molecule has 14 heteroatoms. The fourth-order valence-electron chi connectivity index (χ4n) is 10.1. The van der Waals surface area contributed by atoms with Crippen molar-refractivity contribution in [3.63, 3.8) is 0 Å². The van der Waals surface area contributed by atoms with E-state index in [4.69, 9.17) is 5.11 Å². The van der Waals surface area contributed by atoms with E-state index < -0.39 is 11.8 Å². The molecule has 2 atom stereocenters. The topological polar surface area (TPSA) is 160 Å². The number of imide groups is 2. The van der Waals surface area contributed by atoms with Crippen molar-refractivity contribution >= 4 is 101 Å². The third-order valence-corrected chi connectivity index (χ3v) is 12.8. The van der Waals surface area contributed by atoms with Crippen molar-refractivity contribution in [3.05, 3.63) is 143 Å². The van der Waals surface area contributed by atoms with Crippen LogP contribution in [0.4, 0.5) is 0 Å². The van der Waals surface area contributed by atoms with E-state index in [1.54, 1.807) is 0 Å². The van der Waals surface area contributed by atoms with Crippen molar-refractivity contribution in [3.8, 4) is 0 Å². The predicted molar refractivity (Wildman–Crippen MR) is 248 cm³/mol. The number of aromatic nitrogens is 4. The van der Waals surface area contributed by atoms with Gasteiger partial charge in [0.2, 0.25) is 11.8 Å². The first kappa shape index (κ1) is 42.0. The average molecular weight is 853 g/mol. The van der Waals surface area contributed by atoms with Crippen LogP contribution in [0.15, 0.2) is 110 Å². The maximum absolute atomic E-state index is 13.0. The van der Waals surface area contributed by atoms with E-state index in [2.05, 4.69) is 84.1 Å². The maximum Gasteiger partial charge on any atom is 2.00 e. The Morgan fingerprint density at radius 1 is 0.540 bits per heavy atom. The first-order valence-corrected chi connectivity index (χ1v) is 20.8. The molecule has 0 bridgehead atoms. The average Bonchev–Trinajstić information content (AvgIpc) is 4.11. The summed E-state index contributed by atoms with van der Waals surface area (Å²) in [6.07, 6.45) is 7.83. The SMILES string of the molecule is CN1CCn2cc(C3=C(c4c[nH]c5ccccc45)C(=O)NC3=O)c3cccc(c32)C1.CN1CCn2cc(C3C(=O)NC(=O)C3c3c[nH]c4ccccc34)c3cccc(c32)C1.CO.[H-].[H-].[Mg+2]. The van der Waals surface area contributed by atoms with E-state index in [9.17, 15) is 19.2 Å². The molecule has 4 aliphatic rings. The summed E-state index contributed by atoms with van der Waals surface area (Å²) in [6.45, 7) is 5.32. The fourth-order valence-corrected chi connectivity index (χ4v) is 10.1. The zero-order valence-electron chi connectivity index (χ0n) is 37.4. The molecular formula is C49H48MgN8O5. The molecule has 4 aromatic heterocycles.